The molecule has 1 aliphatic carbocycles. The van der Waals surface area contributed by atoms with Crippen LogP contribution in [0.3, 0.4) is 0 Å². The third kappa shape index (κ3) is 2.04. The van der Waals surface area contributed by atoms with E-state index in [1.807, 2.05) is 0 Å². The molecule has 0 aromatic carbocycles. The highest BCUT2D eigenvalue weighted by Crippen LogP contribution is 2.27. The van der Waals surface area contributed by atoms with Crippen molar-refractivity contribution in [1.29, 1.82) is 0 Å². The zero-order valence-corrected chi connectivity index (χ0v) is 9.32. The number of hydrogen-bond donors (Lipinski definition) is 1. The van der Waals surface area contributed by atoms with Gasteiger partial charge in [-0.3, -0.25) is 14.5 Å². The van der Waals surface area contributed by atoms with Gasteiger partial charge in [0.05, 0.1) is 6.04 Å². The van der Waals surface area contributed by atoms with Crippen molar-refractivity contribution in [2.45, 2.75) is 44.7 Å². The lowest BCUT2D eigenvalue weighted by Crippen LogP contribution is -2.56. The summed E-state index contributed by atoms with van der Waals surface area (Å²) in [5, 5.41) is 3.34. The van der Waals surface area contributed by atoms with Crippen LogP contribution in [-0.2, 0) is 9.59 Å². The van der Waals surface area contributed by atoms with Gasteiger partial charge in [0.2, 0.25) is 11.8 Å². The number of carbonyl (C=O) groups excluding carboxylic acids is 2. The van der Waals surface area contributed by atoms with E-state index < -0.39 is 0 Å². The van der Waals surface area contributed by atoms with Crippen molar-refractivity contribution in [3.63, 3.8) is 0 Å². The van der Waals surface area contributed by atoms with Crippen LogP contribution in [0, 0.1) is 5.92 Å². The first-order chi connectivity index (χ1) is 7.08. The monoisotopic (exact) mass is 210 g/mol. The highest BCUT2D eigenvalue weighted by Gasteiger charge is 2.35. The van der Waals surface area contributed by atoms with Gasteiger partial charge in [-0.1, -0.05) is 6.92 Å². The number of nitrogens with one attached hydrogen (secondary N) is 1. The molecule has 2 aliphatic rings. The van der Waals surface area contributed by atoms with Crippen molar-refractivity contribution in [3.8, 4) is 0 Å². The van der Waals surface area contributed by atoms with Gasteiger partial charge in [-0.05, 0) is 25.2 Å². The first-order valence-electron chi connectivity index (χ1n) is 5.64. The molecule has 2 fully saturated rings. The molecule has 2 rings (SSSR count). The zero-order valence-electron chi connectivity index (χ0n) is 9.32. The van der Waals surface area contributed by atoms with E-state index in [0.717, 1.165) is 18.8 Å². The number of hydrogen-bond acceptors (Lipinski definition) is 3. The summed E-state index contributed by atoms with van der Waals surface area (Å²) >= 11 is 0. The summed E-state index contributed by atoms with van der Waals surface area (Å²) < 4.78 is 0. The Morgan fingerprint density at radius 3 is 2.60 bits per heavy atom. The summed E-state index contributed by atoms with van der Waals surface area (Å²) in [6.45, 7) is 2.22. The van der Waals surface area contributed by atoms with Crippen molar-refractivity contribution in [1.82, 2.24) is 10.2 Å². The Hall–Kier alpha value is -0.900. The molecule has 1 aliphatic heterocycles. The SMILES string of the molecule is CC1CC(NC2CCC(=O)N(C)C2=O)C1. The van der Waals surface area contributed by atoms with Gasteiger partial charge in [-0.2, -0.15) is 0 Å². The normalized spacial score (nSPS) is 36.7. The van der Waals surface area contributed by atoms with E-state index in [4.69, 9.17) is 0 Å². The zero-order chi connectivity index (χ0) is 11.0. The molecule has 0 bridgehead atoms. The van der Waals surface area contributed by atoms with Gasteiger partial charge in [-0.25, -0.2) is 0 Å². The van der Waals surface area contributed by atoms with Gasteiger partial charge in [0.15, 0.2) is 0 Å². The average molecular weight is 210 g/mol. The summed E-state index contributed by atoms with van der Waals surface area (Å²) in [4.78, 5) is 24.2. The number of nitrogens with zero attached hydrogens (tertiary/aromatic N) is 1. The van der Waals surface area contributed by atoms with Gasteiger partial charge in [0, 0.05) is 19.5 Å². The molecule has 4 heteroatoms. The number of carbonyl (C=O) groups is 2. The molecular weight excluding hydrogens is 192 g/mol. The lowest BCUT2D eigenvalue weighted by molar-refractivity contribution is -0.148. The lowest BCUT2D eigenvalue weighted by Gasteiger charge is -2.38. The summed E-state index contributed by atoms with van der Waals surface area (Å²) in [6, 6.07) is 0.348. The van der Waals surface area contributed by atoms with Crippen LogP contribution in [0.1, 0.15) is 32.6 Å². The van der Waals surface area contributed by atoms with Gasteiger partial charge < -0.3 is 5.32 Å². The molecule has 0 spiro atoms. The van der Waals surface area contributed by atoms with E-state index in [1.54, 1.807) is 7.05 Å². The van der Waals surface area contributed by atoms with Crippen molar-refractivity contribution in [2.24, 2.45) is 5.92 Å². The van der Waals surface area contributed by atoms with Crippen LogP contribution >= 0.6 is 0 Å². The molecule has 1 unspecified atom stereocenters. The Morgan fingerprint density at radius 1 is 1.33 bits per heavy atom. The highest BCUT2D eigenvalue weighted by molar-refractivity contribution is 6.00. The third-order valence-corrected chi connectivity index (χ3v) is 3.46. The summed E-state index contributed by atoms with van der Waals surface area (Å²) in [7, 11) is 1.57. The quantitative estimate of drug-likeness (QED) is 0.676. The first-order valence-corrected chi connectivity index (χ1v) is 5.64. The number of piperidine rings is 1. The summed E-state index contributed by atoms with van der Waals surface area (Å²) in [6.07, 6.45) is 3.46. The molecule has 0 radical (unpaired) electrons. The van der Waals surface area contributed by atoms with Crippen molar-refractivity contribution in [3.05, 3.63) is 0 Å². The Labute approximate surface area is 90.0 Å². The molecule has 1 saturated heterocycles. The van der Waals surface area contributed by atoms with E-state index in [1.165, 1.54) is 4.90 Å². The van der Waals surface area contributed by atoms with Gasteiger partial charge in [0.1, 0.15) is 0 Å². The van der Waals surface area contributed by atoms with E-state index in [0.29, 0.717) is 18.9 Å². The van der Waals surface area contributed by atoms with Gasteiger partial charge in [0.25, 0.3) is 0 Å². The fraction of sp³-hybridized carbons (Fsp3) is 0.818. The smallest absolute Gasteiger partial charge is 0.246 e. The number of rotatable bonds is 2. The number of likely N-dealkylation sites (N-methyl/N-ethyl adjacent to an activating group) is 1. The average Bonchev–Trinajstić information content (AvgIpc) is 2.16. The topological polar surface area (TPSA) is 49.4 Å². The second-order valence-electron chi connectivity index (χ2n) is 4.82. The Bertz CT molecular complexity index is 284. The third-order valence-electron chi connectivity index (χ3n) is 3.46. The van der Waals surface area contributed by atoms with Crippen LogP contribution in [0.2, 0.25) is 0 Å². The molecule has 15 heavy (non-hydrogen) atoms. The molecule has 2 amide bonds. The molecule has 1 N–H and O–H groups in total. The van der Waals surface area contributed by atoms with Crippen LogP contribution in [-0.4, -0.2) is 35.8 Å². The molecule has 1 saturated carbocycles. The minimum absolute atomic E-state index is 0.0555. The van der Waals surface area contributed by atoms with Crippen LogP contribution in [0.5, 0.6) is 0 Å². The second-order valence-corrected chi connectivity index (χ2v) is 4.82. The molecule has 1 atom stereocenters. The number of amides is 2. The first kappa shape index (κ1) is 10.6. The molecular formula is C11H18N2O2. The Balaban J connectivity index is 1.87. The maximum Gasteiger partial charge on any atom is 0.246 e. The predicted molar refractivity (Wildman–Crippen MR) is 56.1 cm³/mol. The minimum atomic E-state index is -0.134. The van der Waals surface area contributed by atoms with Crippen LogP contribution in [0.25, 0.3) is 0 Å². The van der Waals surface area contributed by atoms with Crippen molar-refractivity contribution in [2.75, 3.05) is 7.05 Å². The van der Waals surface area contributed by atoms with E-state index in [2.05, 4.69) is 12.2 Å². The van der Waals surface area contributed by atoms with Crippen LogP contribution in [0.4, 0.5) is 0 Å². The molecule has 0 aromatic rings. The van der Waals surface area contributed by atoms with Crippen molar-refractivity contribution < 1.29 is 9.59 Å². The maximum atomic E-state index is 11.7. The predicted octanol–water partition coefficient (Wildman–Crippen LogP) is 0.522. The van der Waals surface area contributed by atoms with E-state index in [9.17, 15) is 9.59 Å². The van der Waals surface area contributed by atoms with Gasteiger partial charge >= 0.3 is 0 Å². The van der Waals surface area contributed by atoms with Crippen LogP contribution < -0.4 is 5.32 Å². The summed E-state index contributed by atoms with van der Waals surface area (Å²) in [5.74, 6) is 0.659. The van der Waals surface area contributed by atoms with E-state index >= 15 is 0 Å². The lowest BCUT2D eigenvalue weighted by atomic mass is 9.81. The molecule has 4 nitrogen and oxygen atoms in total. The number of likely N-dealkylation sites (tertiary alicyclic amines) is 1. The van der Waals surface area contributed by atoms with Crippen LogP contribution in [0.15, 0.2) is 0 Å². The fourth-order valence-electron chi connectivity index (χ4n) is 2.39. The summed E-state index contributed by atoms with van der Waals surface area (Å²) in [5.41, 5.74) is 0. The van der Waals surface area contributed by atoms with Gasteiger partial charge in [-0.15, -0.1) is 0 Å². The highest BCUT2D eigenvalue weighted by atomic mass is 16.2. The maximum absolute atomic E-state index is 11.7. The largest absolute Gasteiger partial charge is 0.303 e. The second kappa shape index (κ2) is 3.93. The Kier molecular flexibility index (Phi) is 2.78. The Morgan fingerprint density at radius 2 is 2.00 bits per heavy atom. The molecule has 0 aromatic heterocycles. The van der Waals surface area contributed by atoms with E-state index in [-0.39, 0.29) is 17.9 Å². The minimum Gasteiger partial charge on any atom is -0.303 e. The molecule has 1 heterocycles. The van der Waals surface area contributed by atoms with Crippen molar-refractivity contribution >= 4 is 11.8 Å². The fourth-order valence-corrected chi connectivity index (χ4v) is 2.39. The standard InChI is InChI=1S/C11H18N2O2/c1-7-5-8(6-7)12-9-3-4-10(14)13(2)11(9)15/h7-9,12H,3-6H2,1-2H3. The molecule has 84 valence electrons. The number of imide groups is 1.